The second-order valence-corrected chi connectivity index (χ2v) is 12.7. The largest absolute Gasteiger partial charge is 0.490 e. The number of ether oxygens (including phenoxy) is 1. The summed E-state index contributed by atoms with van der Waals surface area (Å²) in [6, 6.07) is 0. The van der Waals surface area contributed by atoms with Crippen LogP contribution in [0.1, 0.15) is 33.9 Å². The van der Waals surface area contributed by atoms with Crippen LogP contribution in [0.4, 0.5) is 5.82 Å². The van der Waals surface area contributed by atoms with Gasteiger partial charge < -0.3 is 45.2 Å². The minimum Gasteiger partial charge on any atom is -0.387 e. The highest BCUT2D eigenvalue weighted by molar-refractivity contribution is 7.66. The van der Waals surface area contributed by atoms with E-state index < -0.39 is 54.1 Å². The molecule has 0 bridgehead atoms. The lowest BCUT2D eigenvalue weighted by Crippen LogP contribution is -2.44. The molecule has 3 heterocycles. The number of aliphatic hydroxyl groups is 2. The molecule has 1 aliphatic heterocycles. The number of fused-ring (bicyclic) bond motifs is 1. The molecule has 1 fully saturated rings. The van der Waals surface area contributed by atoms with Gasteiger partial charge in [0.25, 0.3) is 0 Å². The summed E-state index contributed by atoms with van der Waals surface area (Å²) >= 11 is 0. The maximum atomic E-state index is 11.9. The fourth-order valence-electron chi connectivity index (χ4n) is 3.56. The van der Waals surface area contributed by atoms with Gasteiger partial charge in [-0.15, -0.1) is 0 Å². The zero-order chi connectivity index (χ0) is 29.8. The van der Waals surface area contributed by atoms with Crippen LogP contribution in [-0.4, -0.2) is 98.3 Å². The third kappa shape index (κ3) is 9.05. The minimum absolute atomic E-state index is 0.0381. The fourth-order valence-corrected chi connectivity index (χ4v) is 6.59. The lowest BCUT2D eigenvalue weighted by Gasteiger charge is -2.27. The lowest BCUT2D eigenvalue weighted by molar-refractivity contribution is -0.0949. The van der Waals surface area contributed by atoms with Crippen LogP contribution in [0.25, 0.3) is 11.2 Å². The van der Waals surface area contributed by atoms with Gasteiger partial charge in [0.05, 0.1) is 12.9 Å². The number of phosphoric ester groups is 1. The molecule has 0 aromatic carbocycles. The Bertz CT molecular complexity index is 1250. The van der Waals surface area contributed by atoms with Crippen molar-refractivity contribution in [3.05, 3.63) is 12.7 Å². The van der Waals surface area contributed by atoms with Crippen molar-refractivity contribution in [3.8, 4) is 0 Å². The van der Waals surface area contributed by atoms with E-state index in [4.69, 9.17) is 25.2 Å². The summed E-state index contributed by atoms with van der Waals surface area (Å²) in [5.41, 5.74) is 4.00. The molecule has 1 aliphatic rings. The van der Waals surface area contributed by atoms with E-state index in [1.165, 1.54) is 37.5 Å². The Morgan fingerprint density at radius 1 is 1.05 bits per heavy atom. The topological polar surface area (TPSA) is 282 Å². The molecule has 0 radical (unpaired) electrons. The van der Waals surface area contributed by atoms with Gasteiger partial charge in [0.2, 0.25) is 0 Å². The highest BCUT2D eigenvalue weighted by atomic mass is 31.3. The molecule has 2 aromatic rings. The zero-order valence-electron chi connectivity index (χ0n) is 21.4. The van der Waals surface area contributed by atoms with Crippen molar-refractivity contribution in [1.29, 1.82) is 0 Å². The molecule has 39 heavy (non-hydrogen) atoms. The van der Waals surface area contributed by atoms with Crippen LogP contribution in [-0.2, 0) is 31.6 Å². The monoisotopic (exact) mass is 622 g/mol. The molecule has 8 N–H and O–H groups in total. The van der Waals surface area contributed by atoms with Crippen LogP contribution in [0.3, 0.4) is 0 Å². The molecule has 2 aromatic heterocycles. The summed E-state index contributed by atoms with van der Waals surface area (Å²) in [4.78, 5) is 49.9. The number of rotatable bonds is 11. The molecule has 6 atom stereocenters. The summed E-state index contributed by atoms with van der Waals surface area (Å²) in [7, 11) is -16.7. The number of hydrogen-bond acceptors (Lipinski definition) is 14. The molecule has 0 aliphatic carbocycles. The minimum atomic E-state index is -5.71. The highest BCUT2D eigenvalue weighted by Gasteiger charge is 2.54. The first kappa shape index (κ1) is 33.8. The standard InChI is InChI=1S/C11H18N5O13P3.C6H15N/c1-11(18)7(17)5(2-26-31(22,23)29-32(24,25)28-30(19,20)21)27-10(11)16-4-15-6-8(12)13-3-14-9(6)16;1-4-7(5-2)6-3/h3-5,7,10,17-18H,2H2,1H3,(H,22,23)(H,24,25)(H2,12,13,14)(H2,19,20,21);4-6H2,1-3H3/t5-,7-,10-,11-;/m1./s1. The van der Waals surface area contributed by atoms with E-state index >= 15 is 0 Å². The number of aliphatic hydroxyl groups excluding tert-OH is 1. The van der Waals surface area contributed by atoms with Crippen molar-refractivity contribution in [2.75, 3.05) is 32.0 Å². The van der Waals surface area contributed by atoms with E-state index in [9.17, 15) is 28.8 Å². The molecule has 3 rings (SSSR count). The average Bonchev–Trinajstić information content (AvgIpc) is 3.31. The molecule has 2 unspecified atom stereocenters. The van der Waals surface area contributed by atoms with Crippen LogP contribution in [0.5, 0.6) is 0 Å². The van der Waals surface area contributed by atoms with Gasteiger partial charge in [-0.25, -0.2) is 28.6 Å². The second kappa shape index (κ2) is 13.1. The van der Waals surface area contributed by atoms with Gasteiger partial charge in [0.15, 0.2) is 17.7 Å². The average molecular weight is 622 g/mol. The fraction of sp³-hybridized carbons (Fsp3) is 0.706. The Labute approximate surface area is 223 Å². The number of aromatic nitrogens is 4. The Morgan fingerprint density at radius 2 is 1.64 bits per heavy atom. The summed E-state index contributed by atoms with van der Waals surface area (Å²) in [6.07, 6.45) is -2.23. The predicted molar refractivity (Wildman–Crippen MR) is 134 cm³/mol. The van der Waals surface area contributed by atoms with Gasteiger partial charge in [0, 0.05) is 0 Å². The van der Waals surface area contributed by atoms with Gasteiger partial charge in [-0.1, -0.05) is 20.8 Å². The number of nitrogens with zero attached hydrogens (tertiary/aromatic N) is 5. The third-order valence-corrected chi connectivity index (χ3v) is 9.36. The number of nitrogens with two attached hydrogens (primary N) is 1. The van der Waals surface area contributed by atoms with Crippen molar-refractivity contribution in [1.82, 2.24) is 24.4 Å². The lowest BCUT2D eigenvalue weighted by atomic mass is 9.96. The predicted octanol–water partition coefficient (Wildman–Crippen LogP) is 0.109. The molecule has 0 saturated carbocycles. The molecular formula is C17H33N6O13P3. The quantitative estimate of drug-likeness (QED) is 0.164. The van der Waals surface area contributed by atoms with E-state index in [-0.39, 0.29) is 17.0 Å². The number of nitrogen functional groups attached to an aromatic ring is 1. The van der Waals surface area contributed by atoms with Crippen LogP contribution in [0.15, 0.2) is 12.7 Å². The van der Waals surface area contributed by atoms with Crippen LogP contribution in [0, 0.1) is 0 Å². The van der Waals surface area contributed by atoms with Crippen molar-refractivity contribution < 1.29 is 61.4 Å². The molecular weight excluding hydrogens is 589 g/mol. The van der Waals surface area contributed by atoms with Crippen LogP contribution in [0.2, 0.25) is 0 Å². The summed E-state index contributed by atoms with van der Waals surface area (Å²) in [5, 5.41) is 21.1. The molecule has 1 saturated heterocycles. The first-order valence-electron chi connectivity index (χ1n) is 11.4. The van der Waals surface area contributed by atoms with Crippen molar-refractivity contribution in [2.45, 2.75) is 51.7 Å². The first-order valence-corrected chi connectivity index (χ1v) is 15.9. The summed E-state index contributed by atoms with van der Waals surface area (Å²) in [5.74, 6) is 0.0381. The Morgan fingerprint density at radius 3 is 2.15 bits per heavy atom. The Hall–Kier alpha value is -1.40. The van der Waals surface area contributed by atoms with Gasteiger partial charge in [-0.05, 0) is 26.6 Å². The highest BCUT2D eigenvalue weighted by Crippen LogP contribution is 2.66. The summed E-state index contributed by atoms with van der Waals surface area (Å²) < 4.78 is 52.2. The van der Waals surface area contributed by atoms with Crippen molar-refractivity contribution in [2.24, 2.45) is 0 Å². The smallest absolute Gasteiger partial charge is 0.387 e. The van der Waals surface area contributed by atoms with E-state index in [1.807, 2.05) is 0 Å². The second-order valence-electron chi connectivity index (χ2n) is 8.29. The van der Waals surface area contributed by atoms with Crippen LogP contribution >= 0.6 is 23.5 Å². The zero-order valence-corrected chi connectivity index (χ0v) is 24.1. The first-order chi connectivity index (χ1) is 17.9. The molecule has 19 nitrogen and oxygen atoms in total. The van der Waals surface area contributed by atoms with E-state index in [1.54, 1.807) is 0 Å². The number of imidazole rings is 1. The normalized spacial score (nSPS) is 26.7. The third-order valence-electron chi connectivity index (χ3n) is 5.55. The Kier molecular flexibility index (Phi) is 11.3. The van der Waals surface area contributed by atoms with E-state index in [0.29, 0.717) is 0 Å². The summed E-state index contributed by atoms with van der Waals surface area (Å²) in [6.45, 7) is 10.3. The van der Waals surface area contributed by atoms with Crippen LogP contribution < -0.4 is 5.73 Å². The van der Waals surface area contributed by atoms with Gasteiger partial charge in [-0.3, -0.25) is 9.09 Å². The number of hydrogen-bond donors (Lipinski definition) is 7. The Balaban J connectivity index is 0.000000673. The maximum absolute atomic E-state index is 11.9. The van der Waals surface area contributed by atoms with Gasteiger partial charge >= 0.3 is 23.5 Å². The van der Waals surface area contributed by atoms with E-state index in [2.05, 4.69) is 53.8 Å². The van der Waals surface area contributed by atoms with Gasteiger partial charge in [-0.2, -0.15) is 8.62 Å². The molecule has 22 heteroatoms. The molecule has 0 amide bonds. The molecule has 0 spiro atoms. The van der Waals surface area contributed by atoms with Crippen molar-refractivity contribution >= 4 is 40.4 Å². The number of anilines is 1. The van der Waals surface area contributed by atoms with Gasteiger partial charge in [0.1, 0.15) is 29.7 Å². The van der Waals surface area contributed by atoms with E-state index in [0.717, 1.165) is 6.33 Å². The maximum Gasteiger partial charge on any atom is 0.490 e. The van der Waals surface area contributed by atoms with Crippen molar-refractivity contribution in [3.63, 3.8) is 0 Å². The number of phosphoric acid groups is 3. The molecule has 224 valence electrons. The SMILES string of the molecule is CCN(CC)CC.C[C@@]1(O)[C@H](O)[C@@H](COP(=O)(O)OP(=O)(O)OP(=O)(O)O)O[C@H]1n1cnc2c(N)ncnc21.